The van der Waals surface area contributed by atoms with Gasteiger partial charge < -0.3 is 10.2 Å². The second-order valence-electron chi connectivity index (χ2n) is 4.99. The molecule has 0 fully saturated rings. The summed E-state index contributed by atoms with van der Waals surface area (Å²) in [6.07, 6.45) is -1.49. The summed E-state index contributed by atoms with van der Waals surface area (Å²) in [5.74, 6) is 4.42. The monoisotopic (exact) mass is 320 g/mol. The zero-order valence-electron chi connectivity index (χ0n) is 11.8. The molecule has 0 bridgehead atoms. The lowest BCUT2D eigenvalue weighted by molar-refractivity contribution is -0.147. The highest BCUT2D eigenvalue weighted by Gasteiger charge is 2.16. The third kappa shape index (κ3) is 4.54. The van der Waals surface area contributed by atoms with Crippen LogP contribution in [0.2, 0.25) is 5.02 Å². The molecule has 0 unspecified atom stereocenters. The number of hydrazine groups is 1. The minimum absolute atomic E-state index is 0.134. The van der Waals surface area contributed by atoms with E-state index in [1.807, 2.05) is 48.5 Å². The standard InChI is InChI=1S/C16H17ClN2O3/c17-14-3-1-2-13(8-14)12-6-4-11(5-7-12)9-19(18)10-15(20)16(21)22/h1-8,15,20H,9-10,18H2,(H,21,22)/t15-/m0/s1. The molecule has 6 heteroatoms. The Morgan fingerprint density at radius 3 is 2.45 bits per heavy atom. The molecule has 2 aromatic carbocycles. The Hall–Kier alpha value is -1.92. The van der Waals surface area contributed by atoms with Crippen LogP contribution in [0, 0.1) is 0 Å². The Balaban J connectivity index is 2.01. The highest BCUT2D eigenvalue weighted by Crippen LogP contribution is 2.23. The highest BCUT2D eigenvalue weighted by molar-refractivity contribution is 6.30. The van der Waals surface area contributed by atoms with Crippen molar-refractivity contribution in [3.05, 3.63) is 59.1 Å². The summed E-state index contributed by atoms with van der Waals surface area (Å²) in [6.45, 7) is 0.214. The van der Waals surface area contributed by atoms with Gasteiger partial charge in [0.05, 0.1) is 6.54 Å². The van der Waals surface area contributed by atoms with Gasteiger partial charge in [-0.2, -0.15) is 0 Å². The first-order valence-corrected chi connectivity index (χ1v) is 7.09. The maximum atomic E-state index is 10.6. The Bertz CT molecular complexity index is 646. The fraction of sp³-hybridized carbons (Fsp3) is 0.188. The number of aliphatic hydroxyl groups excluding tert-OH is 1. The average Bonchev–Trinajstić information content (AvgIpc) is 2.47. The number of carbonyl (C=O) groups is 1. The number of rotatable bonds is 6. The average molecular weight is 321 g/mol. The molecule has 0 aromatic heterocycles. The van der Waals surface area contributed by atoms with E-state index in [2.05, 4.69) is 0 Å². The van der Waals surface area contributed by atoms with Gasteiger partial charge in [-0.05, 0) is 28.8 Å². The number of carboxylic acid groups (broad SMARTS) is 1. The first-order valence-electron chi connectivity index (χ1n) is 6.71. The summed E-state index contributed by atoms with van der Waals surface area (Å²) in [4.78, 5) is 10.6. The number of aliphatic hydroxyl groups is 1. The molecule has 0 heterocycles. The van der Waals surface area contributed by atoms with Gasteiger partial charge in [0.15, 0.2) is 6.10 Å². The Kier molecular flexibility index (Phi) is 5.51. The van der Waals surface area contributed by atoms with Gasteiger partial charge in [-0.1, -0.05) is 48.0 Å². The van der Waals surface area contributed by atoms with Crippen LogP contribution >= 0.6 is 11.6 Å². The van der Waals surface area contributed by atoms with Crippen LogP contribution in [0.5, 0.6) is 0 Å². The van der Waals surface area contributed by atoms with Crippen molar-refractivity contribution in [1.82, 2.24) is 5.01 Å². The summed E-state index contributed by atoms with van der Waals surface area (Å²) in [5, 5.41) is 19.8. The summed E-state index contributed by atoms with van der Waals surface area (Å²) in [6, 6.07) is 15.3. The van der Waals surface area contributed by atoms with Gasteiger partial charge in [0.2, 0.25) is 0 Å². The minimum Gasteiger partial charge on any atom is -0.479 e. The van der Waals surface area contributed by atoms with Gasteiger partial charge in [0.1, 0.15) is 0 Å². The molecule has 0 aliphatic rings. The number of carboxylic acids is 1. The van der Waals surface area contributed by atoms with Crippen LogP contribution in [0.25, 0.3) is 11.1 Å². The van der Waals surface area contributed by atoms with Crippen molar-refractivity contribution in [2.75, 3.05) is 6.54 Å². The maximum Gasteiger partial charge on any atom is 0.333 e. The lowest BCUT2D eigenvalue weighted by Gasteiger charge is -2.18. The molecule has 0 radical (unpaired) electrons. The number of benzene rings is 2. The van der Waals surface area contributed by atoms with Gasteiger partial charge >= 0.3 is 5.97 Å². The molecule has 4 N–H and O–H groups in total. The second-order valence-corrected chi connectivity index (χ2v) is 5.43. The lowest BCUT2D eigenvalue weighted by Crippen LogP contribution is -2.40. The van der Waals surface area contributed by atoms with Crippen molar-refractivity contribution >= 4 is 17.6 Å². The molecule has 116 valence electrons. The molecule has 0 saturated carbocycles. The molecule has 2 rings (SSSR count). The van der Waals surface area contributed by atoms with E-state index in [1.54, 1.807) is 0 Å². The SMILES string of the molecule is NN(Cc1ccc(-c2cccc(Cl)c2)cc1)C[C@H](O)C(=O)O. The molecule has 0 aliphatic heterocycles. The first kappa shape index (κ1) is 16.5. The van der Waals surface area contributed by atoms with E-state index in [-0.39, 0.29) is 6.54 Å². The number of nitrogens with zero attached hydrogens (tertiary/aromatic N) is 1. The smallest absolute Gasteiger partial charge is 0.333 e. The van der Waals surface area contributed by atoms with Crippen molar-refractivity contribution in [3.63, 3.8) is 0 Å². The zero-order valence-corrected chi connectivity index (χ0v) is 12.6. The van der Waals surface area contributed by atoms with Crippen molar-refractivity contribution in [2.24, 2.45) is 5.84 Å². The van der Waals surface area contributed by atoms with Gasteiger partial charge in [0.25, 0.3) is 0 Å². The van der Waals surface area contributed by atoms with Crippen LogP contribution < -0.4 is 5.84 Å². The molecule has 0 aliphatic carbocycles. The lowest BCUT2D eigenvalue weighted by atomic mass is 10.0. The van der Waals surface area contributed by atoms with Crippen LogP contribution in [0.1, 0.15) is 5.56 Å². The fourth-order valence-corrected chi connectivity index (χ4v) is 2.26. The Labute approximate surface area is 133 Å². The van der Waals surface area contributed by atoms with E-state index < -0.39 is 12.1 Å². The van der Waals surface area contributed by atoms with E-state index in [0.717, 1.165) is 16.7 Å². The maximum absolute atomic E-state index is 10.6. The topological polar surface area (TPSA) is 86.8 Å². The van der Waals surface area contributed by atoms with Gasteiger partial charge in [-0.3, -0.25) is 5.84 Å². The number of nitrogens with two attached hydrogens (primary N) is 1. The fourth-order valence-electron chi connectivity index (χ4n) is 2.07. The van der Waals surface area contributed by atoms with E-state index in [1.165, 1.54) is 5.01 Å². The summed E-state index contributed by atoms with van der Waals surface area (Å²) in [5.41, 5.74) is 2.97. The van der Waals surface area contributed by atoms with Crippen LogP contribution in [0.15, 0.2) is 48.5 Å². The van der Waals surface area contributed by atoms with Crippen LogP contribution in [0.4, 0.5) is 0 Å². The molecule has 0 spiro atoms. The molecular weight excluding hydrogens is 304 g/mol. The van der Waals surface area contributed by atoms with E-state index in [4.69, 9.17) is 22.6 Å². The van der Waals surface area contributed by atoms with E-state index >= 15 is 0 Å². The molecular formula is C16H17ClN2O3. The predicted octanol–water partition coefficient (Wildman–Crippen LogP) is 2.13. The normalized spacial score (nSPS) is 12.4. The van der Waals surface area contributed by atoms with Gasteiger partial charge in [0, 0.05) is 11.6 Å². The van der Waals surface area contributed by atoms with E-state index in [9.17, 15) is 9.90 Å². The van der Waals surface area contributed by atoms with Crippen molar-refractivity contribution in [3.8, 4) is 11.1 Å². The molecule has 0 saturated heterocycles. The Morgan fingerprint density at radius 1 is 1.18 bits per heavy atom. The largest absolute Gasteiger partial charge is 0.479 e. The van der Waals surface area contributed by atoms with Crippen LogP contribution in [0.3, 0.4) is 0 Å². The molecule has 0 amide bonds. The molecule has 1 atom stereocenters. The number of halogens is 1. The summed E-state index contributed by atoms with van der Waals surface area (Å²) >= 11 is 5.97. The van der Waals surface area contributed by atoms with Crippen molar-refractivity contribution in [2.45, 2.75) is 12.6 Å². The third-order valence-electron chi connectivity index (χ3n) is 3.19. The second kappa shape index (κ2) is 7.38. The van der Waals surface area contributed by atoms with Crippen molar-refractivity contribution < 1.29 is 15.0 Å². The minimum atomic E-state index is -1.49. The van der Waals surface area contributed by atoms with E-state index in [0.29, 0.717) is 11.6 Å². The number of hydrogen-bond acceptors (Lipinski definition) is 4. The Morgan fingerprint density at radius 2 is 1.86 bits per heavy atom. The van der Waals surface area contributed by atoms with Gasteiger partial charge in [-0.25, -0.2) is 9.80 Å². The zero-order chi connectivity index (χ0) is 16.1. The quantitative estimate of drug-likeness (QED) is 0.560. The third-order valence-corrected chi connectivity index (χ3v) is 3.43. The molecule has 2 aromatic rings. The number of aliphatic carboxylic acids is 1. The molecule has 22 heavy (non-hydrogen) atoms. The summed E-state index contributed by atoms with van der Waals surface area (Å²) in [7, 11) is 0. The van der Waals surface area contributed by atoms with Crippen LogP contribution in [-0.2, 0) is 11.3 Å². The predicted molar refractivity (Wildman–Crippen MR) is 85.1 cm³/mol. The first-order chi connectivity index (χ1) is 10.5. The highest BCUT2D eigenvalue weighted by atomic mass is 35.5. The van der Waals surface area contributed by atoms with Crippen molar-refractivity contribution in [1.29, 1.82) is 0 Å². The number of hydrogen-bond donors (Lipinski definition) is 3. The molecule has 5 nitrogen and oxygen atoms in total. The van der Waals surface area contributed by atoms with Crippen LogP contribution in [-0.4, -0.2) is 33.8 Å². The summed E-state index contributed by atoms with van der Waals surface area (Å²) < 4.78 is 0. The van der Waals surface area contributed by atoms with Gasteiger partial charge in [-0.15, -0.1) is 0 Å².